The number of benzene rings is 1. The van der Waals surface area contributed by atoms with E-state index in [-0.39, 0.29) is 12.2 Å². The van der Waals surface area contributed by atoms with Crippen molar-refractivity contribution in [2.75, 3.05) is 52.4 Å². The van der Waals surface area contributed by atoms with E-state index in [4.69, 9.17) is 19.8 Å². The maximum absolute atomic E-state index is 10.6. The molecule has 2 aliphatic heterocycles. The Hall–Kier alpha value is -2.85. The van der Waals surface area contributed by atoms with Gasteiger partial charge in [0.05, 0.1) is 36.0 Å². The maximum atomic E-state index is 10.6. The molecule has 2 bridgehead atoms. The van der Waals surface area contributed by atoms with Crippen molar-refractivity contribution in [2.24, 2.45) is 0 Å². The molecule has 0 radical (unpaired) electrons. The van der Waals surface area contributed by atoms with Gasteiger partial charge in [-0.2, -0.15) is 10.5 Å². The standard InChI is InChI=1S/C20H25N5O4/c21-9-15-2-3-19(16(8-15)10-22)28-7-1-5-24-11-17-13-25(6-4-23-20(26)27)14-18(12-24)29-17/h2-3,8,17-18,23H,1,4-7,11-14H2,(H,26,27). The van der Waals surface area contributed by atoms with E-state index in [1.165, 1.54) is 6.07 Å². The summed E-state index contributed by atoms with van der Waals surface area (Å²) in [5.41, 5.74) is 0.823. The molecular weight excluding hydrogens is 374 g/mol. The first-order valence-electron chi connectivity index (χ1n) is 9.71. The number of nitriles is 2. The van der Waals surface area contributed by atoms with E-state index in [0.29, 0.717) is 36.6 Å². The van der Waals surface area contributed by atoms with Crippen LogP contribution in [0.3, 0.4) is 0 Å². The van der Waals surface area contributed by atoms with Gasteiger partial charge in [-0.15, -0.1) is 0 Å². The molecule has 154 valence electrons. The lowest BCUT2D eigenvalue weighted by Gasteiger charge is -2.45. The van der Waals surface area contributed by atoms with E-state index in [1.54, 1.807) is 12.1 Å². The zero-order chi connectivity index (χ0) is 20.6. The molecule has 9 nitrogen and oxygen atoms in total. The van der Waals surface area contributed by atoms with E-state index in [9.17, 15) is 10.1 Å². The van der Waals surface area contributed by atoms with Gasteiger partial charge < -0.3 is 19.9 Å². The van der Waals surface area contributed by atoms with Gasteiger partial charge in [0.15, 0.2) is 0 Å². The Labute approximate surface area is 170 Å². The van der Waals surface area contributed by atoms with Gasteiger partial charge in [-0.05, 0) is 24.6 Å². The first-order chi connectivity index (χ1) is 14.1. The summed E-state index contributed by atoms with van der Waals surface area (Å²) in [7, 11) is 0. The van der Waals surface area contributed by atoms with Crippen LogP contribution in [-0.4, -0.2) is 85.6 Å². The Balaban J connectivity index is 1.39. The largest absolute Gasteiger partial charge is 0.492 e. The quantitative estimate of drug-likeness (QED) is 0.617. The van der Waals surface area contributed by atoms with E-state index < -0.39 is 6.09 Å². The molecular formula is C20H25N5O4. The highest BCUT2D eigenvalue weighted by Crippen LogP contribution is 2.21. The van der Waals surface area contributed by atoms with Crippen LogP contribution in [0.4, 0.5) is 4.79 Å². The molecule has 3 rings (SSSR count). The van der Waals surface area contributed by atoms with E-state index in [0.717, 1.165) is 39.1 Å². The summed E-state index contributed by atoms with van der Waals surface area (Å²) in [5.74, 6) is 0.510. The third-order valence-electron chi connectivity index (χ3n) is 5.04. The van der Waals surface area contributed by atoms with Gasteiger partial charge in [0.25, 0.3) is 0 Å². The highest BCUT2D eigenvalue weighted by Gasteiger charge is 2.34. The molecule has 2 saturated heterocycles. The van der Waals surface area contributed by atoms with E-state index in [2.05, 4.69) is 21.2 Å². The van der Waals surface area contributed by atoms with Gasteiger partial charge in [-0.25, -0.2) is 4.79 Å². The van der Waals surface area contributed by atoms with Gasteiger partial charge in [0.1, 0.15) is 11.8 Å². The van der Waals surface area contributed by atoms with Crippen LogP contribution in [0.5, 0.6) is 5.75 Å². The first-order valence-corrected chi connectivity index (χ1v) is 9.71. The molecule has 0 saturated carbocycles. The average Bonchev–Trinajstić information content (AvgIpc) is 2.70. The topological polar surface area (TPSA) is 122 Å². The minimum Gasteiger partial charge on any atom is -0.492 e. The maximum Gasteiger partial charge on any atom is 0.404 e. The minimum absolute atomic E-state index is 0.136. The van der Waals surface area contributed by atoms with Crippen LogP contribution >= 0.6 is 0 Å². The fraction of sp³-hybridized carbons (Fsp3) is 0.550. The minimum atomic E-state index is -0.991. The van der Waals surface area contributed by atoms with E-state index in [1.807, 2.05) is 6.07 Å². The van der Waals surface area contributed by atoms with Crippen LogP contribution in [0.25, 0.3) is 0 Å². The molecule has 2 N–H and O–H groups in total. The third kappa shape index (κ3) is 6.06. The number of hydrogen-bond acceptors (Lipinski definition) is 7. The molecule has 29 heavy (non-hydrogen) atoms. The highest BCUT2D eigenvalue weighted by molar-refractivity contribution is 5.64. The number of ether oxygens (including phenoxy) is 2. The van der Waals surface area contributed by atoms with Crippen LogP contribution in [-0.2, 0) is 4.74 Å². The fourth-order valence-corrected chi connectivity index (χ4v) is 3.83. The lowest BCUT2D eigenvalue weighted by Crippen LogP contribution is -2.60. The summed E-state index contributed by atoms with van der Waals surface area (Å²) in [6.45, 7) is 5.82. The molecule has 9 heteroatoms. The highest BCUT2D eigenvalue weighted by atomic mass is 16.5. The van der Waals surface area contributed by atoms with Crippen molar-refractivity contribution in [2.45, 2.75) is 18.6 Å². The Morgan fingerprint density at radius 1 is 1.17 bits per heavy atom. The second-order valence-corrected chi connectivity index (χ2v) is 7.27. The number of nitrogens with one attached hydrogen (secondary N) is 1. The predicted octanol–water partition coefficient (Wildman–Crippen LogP) is 0.851. The molecule has 0 spiro atoms. The Morgan fingerprint density at radius 3 is 2.48 bits per heavy atom. The summed E-state index contributed by atoms with van der Waals surface area (Å²) >= 11 is 0. The summed E-state index contributed by atoms with van der Waals surface area (Å²) in [6.07, 6.45) is 0.111. The van der Waals surface area contributed by atoms with Crippen molar-refractivity contribution in [3.8, 4) is 17.9 Å². The third-order valence-corrected chi connectivity index (χ3v) is 5.04. The van der Waals surface area contributed by atoms with Gasteiger partial charge in [0.2, 0.25) is 0 Å². The van der Waals surface area contributed by atoms with Gasteiger partial charge in [-0.3, -0.25) is 9.80 Å². The molecule has 2 unspecified atom stereocenters. The van der Waals surface area contributed by atoms with Crippen molar-refractivity contribution >= 4 is 6.09 Å². The molecule has 1 aromatic rings. The molecule has 2 atom stereocenters. The molecule has 1 amide bonds. The SMILES string of the molecule is N#Cc1ccc(OCCCN2CC3CN(CCNC(=O)O)CC(C2)O3)c(C#N)c1. The molecule has 0 aromatic heterocycles. The number of amides is 1. The van der Waals surface area contributed by atoms with Gasteiger partial charge in [0, 0.05) is 45.8 Å². The van der Waals surface area contributed by atoms with Gasteiger partial charge in [-0.1, -0.05) is 0 Å². The second-order valence-electron chi connectivity index (χ2n) is 7.27. The van der Waals surface area contributed by atoms with E-state index >= 15 is 0 Å². The number of nitrogens with zero attached hydrogens (tertiary/aromatic N) is 4. The van der Waals surface area contributed by atoms with Crippen molar-refractivity contribution in [1.29, 1.82) is 10.5 Å². The zero-order valence-electron chi connectivity index (χ0n) is 16.2. The fourth-order valence-electron chi connectivity index (χ4n) is 3.83. The summed E-state index contributed by atoms with van der Waals surface area (Å²) in [4.78, 5) is 15.2. The number of fused-ring (bicyclic) bond motifs is 2. The van der Waals surface area contributed by atoms with Crippen molar-refractivity contribution < 1.29 is 19.4 Å². The molecule has 2 aliphatic rings. The lowest BCUT2D eigenvalue weighted by atomic mass is 10.1. The number of rotatable bonds is 8. The van der Waals surface area contributed by atoms with Crippen molar-refractivity contribution in [3.05, 3.63) is 29.3 Å². The number of carbonyl (C=O) groups is 1. The molecule has 2 fully saturated rings. The Morgan fingerprint density at radius 2 is 1.86 bits per heavy atom. The normalized spacial score (nSPS) is 21.7. The number of hydrogen-bond donors (Lipinski definition) is 2. The summed E-state index contributed by atoms with van der Waals surface area (Å²) < 4.78 is 11.8. The van der Waals surface area contributed by atoms with Crippen LogP contribution in [0, 0.1) is 22.7 Å². The van der Waals surface area contributed by atoms with Crippen LogP contribution in [0.1, 0.15) is 17.5 Å². The van der Waals surface area contributed by atoms with Crippen LogP contribution in [0.2, 0.25) is 0 Å². The summed E-state index contributed by atoms with van der Waals surface area (Å²) in [5, 5.41) is 29.2. The summed E-state index contributed by atoms with van der Waals surface area (Å²) in [6, 6.07) is 8.95. The monoisotopic (exact) mass is 399 g/mol. The first kappa shape index (κ1) is 20.9. The average molecular weight is 399 g/mol. The van der Waals surface area contributed by atoms with Crippen LogP contribution in [0.15, 0.2) is 18.2 Å². The molecule has 2 heterocycles. The number of carboxylic acid groups (broad SMARTS) is 1. The number of morpholine rings is 2. The lowest BCUT2D eigenvalue weighted by molar-refractivity contribution is -0.138. The zero-order valence-corrected chi connectivity index (χ0v) is 16.2. The second kappa shape index (κ2) is 10.1. The predicted molar refractivity (Wildman–Crippen MR) is 104 cm³/mol. The van der Waals surface area contributed by atoms with Crippen LogP contribution < -0.4 is 10.1 Å². The molecule has 1 aromatic carbocycles. The Kier molecular flexibility index (Phi) is 7.25. The van der Waals surface area contributed by atoms with Crippen molar-refractivity contribution in [3.63, 3.8) is 0 Å². The smallest absolute Gasteiger partial charge is 0.404 e. The Bertz CT molecular complexity index is 789. The van der Waals surface area contributed by atoms with Gasteiger partial charge >= 0.3 is 6.09 Å². The molecule has 0 aliphatic carbocycles. The van der Waals surface area contributed by atoms with Crippen molar-refractivity contribution in [1.82, 2.24) is 15.1 Å².